The maximum Gasteiger partial charge on any atom is 0.227 e. The molecule has 1 amide bonds. The SMILES string of the molecule is O=C(Nc1cncc(-c2ccc3[nH]nc(-c4cc5c(-c6cc(O)cc(F)c6)nccc5[nH]4)c3c2)c1)C1CCC1. The molecule has 0 aliphatic heterocycles. The summed E-state index contributed by atoms with van der Waals surface area (Å²) in [5.41, 5.74) is 6.69. The van der Waals surface area contributed by atoms with Crippen LogP contribution >= 0.6 is 0 Å². The number of anilines is 1. The number of aromatic nitrogens is 5. The molecular formula is C30H23FN6O2. The summed E-state index contributed by atoms with van der Waals surface area (Å²) in [5, 5.41) is 22.2. The van der Waals surface area contributed by atoms with Crippen molar-refractivity contribution in [1.82, 2.24) is 25.1 Å². The number of aromatic amines is 2. The highest BCUT2D eigenvalue weighted by Gasteiger charge is 2.25. The summed E-state index contributed by atoms with van der Waals surface area (Å²) in [4.78, 5) is 24.6. The zero-order valence-corrected chi connectivity index (χ0v) is 20.7. The fourth-order valence-electron chi connectivity index (χ4n) is 5.10. The fraction of sp³-hybridized carbons (Fsp3) is 0.133. The highest BCUT2D eigenvalue weighted by molar-refractivity contribution is 6.01. The lowest BCUT2D eigenvalue weighted by Crippen LogP contribution is -2.28. The Labute approximate surface area is 222 Å². The second-order valence-corrected chi connectivity index (χ2v) is 9.91. The van der Waals surface area contributed by atoms with Crippen molar-refractivity contribution in [2.75, 3.05) is 5.32 Å². The quantitative estimate of drug-likeness (QED) is 0.210. The van der Waals surface area contributed by atoms with Gasteiger partial charge in [0.2, 0.25) is 5.91 Å². The van der Waals surface area contributed by atoms with Crippen molar-refractivity contribution in [3.63, 3.8) is 0 Å². The number of benzene rings is 2. The van der Waals surface area contributed by atoms with E-state index < -0.39 is 5.82 Å². The van der Waals surface area contributed by atoms with Crippen LogP contribution < -0.4 is 5.32 Å². The number of carbonyl (C=O) groups excluding carboxylic acids is 1. The molecule has 9 heteroatoms. The Bertz CT molecular complexity index is 1870. The van der Waals surface area contributed by atoms with Gasteiger partial charge in [-0.2, -0.15) is 5.10 Å². The maximum atomic E-state index is 14.0. The van der Waals surface area contributed by atoms with Crippen LogP contribution in [-0.4, -0.2) is 36.2 Å². The number of nitrogens with one attached hydrogen (secondary N) is 3. The molecule has 4 N–H and O–H groups in total. The molecule has 0 radical (unpaired) electrons. The molecule has 7 rings (SSSR count). The van der Waals surface area contributed by atoms with E-state index in [4.69, 9.17) is 0 Å². The van der Waals surface area contributed by atoms with Crippen LogP contribution in [0.5, 0.6) is 5.75 Å². The number of phenols is 1. The topological polar surface area (TPSA) is 120 Å². The van der Waals surface area contributed by atoms with Gasteiger partial charge < -0.3 is 15.4 Å². The standard InChI is InChI=1S/C30H23FN6O2/c31-20-8-18(10-22(38)12-20)28-24-13-27(35-25(24)6-7-33-28)29-23-11-17(4-5-26(23)36-37-29)19-9-21(15-32-14-19)34-30(39)16-2-1-3-16/h4-16,35,38H,1-3H2,(H,34,39)(H,36,37). The molecule has 0 bridgehead atoms. The van der Waals surface area contributed by atoms with Crippen LogP contribution in [0.3, 0.4) is 0 Å². The summed E-state index contributed by atoms with van der Waals surface area (Å²) in [5.74, 6) is -0.552. The van der Waals surface area contributed by atoms with Crippen molar-refractivity contribution in [1.29, 1.82) is 0 Å². The van der Waals surface area contributed by atoms with Crippen LogP contribution in [0.4, 0.5) is 10.1 Å². The summed E-state index contributed by atoms with van der Waals surface area (Å²) in [6.45, 7) is 0. The molecule has 6 aromatic rings. The predicted molar refractivity (Wildman–Crippen MR) is 147 cm³/mol. The number of fused-ring (bicyclic) bond motifs is 2. The van der Waals surface area contributed by atoms with Gasteiger partial charge in [-0.3, -0.25) is 19.9 Å². The van der Waals surface area contributed by atoms with Crippen molar-refractivity contribution in [2.45, 2.75) is 19.3 Å². The van der Waals surface area contributed by atoms with E-state index >= 15 is 0 Å². The molecule has 192 valence electrons. The maximum absolute atomic E-state index is 14.0. The van der Waals surface area contributed by atoms with Gasteiger partial charge in [0, 0.05) is 51.8 Å². The van der Waals surface area contributed by atoms with Gasteiger partial charge in [0.05, 0.1) is 28.8 Å². The van der Waals surface area contributed by atoms with E-state index in [0.717, 1.165) is 69.6 Å². The average molecular weight is 519 g/mol. The lowest BCUT2D eigenvalue weighted by molar-refractivity contribution is -0.122. The number of pyridine rings is 2. The normalized spacial score (nSPS) is 13.6. The van der Waals surface area contributed by atoms with Crippen molar-refractivity contribution in [2.24, 2.45) is 5.92 Å². The number of nitrogens with zero attached hydrogens (tertiary/aromatic N) is 3. The first-order valence-electron chi connectivity index (χ1n) is 12.7. The van der Waals surface area contributed by atoms with Crippen molar-refractivity contribution in [3.05, 3.63) is 79.0 Å². The second kappa shape index (κ2) is 9.05. The van der Waals surface area contributed by atoms with E-state index in [2.05, 4.69) is 30.5 Å². The number of halogens is 1. The predicted octanol–water partition coefficient (Wildman–Crippen LogP) is 6.42. The molecule has 0 unspecified atom stereocenters. The van der Waals surface area contributed by atoms with Gasteiger partial charge in [0.15, 0.2) is 0 Å². The summed E-state index contributed by atoms with van der Waals surface area (Å²) in [7, 11) is 0. The molecule has 4 heterocycles. The zero-order chi connectivity index (χ0) is 26.5. The zero-order valence-electron chi connectivity index (χ0n) is 20.7. The first kappa shape index (κ1) is 23.1. The Hall–Kier alpha value is -5.05. The van der Waals surface area contributed by atoms with Gasteiger partial charge in [0.25, 0.3) is 0 Å². The van der Waals surface area contributed by atoms with Crippen molar-refractivity contribution < 1.29 is 14.3 Å². The number of amides is 1. The number of hydrogen-bond donors (Lipinski definition) is 4. The molecule has 8 nitrogen and oxygen atoms in total. The number of phenolic OH excluding ortho intramolecular Hbond substituents is 1. The number of aromatic hydroxyl groups is 1. The summed E-state index contributed by atoms with van der Waals surface area (Å²) in [6.07, 6.45) is 8.06. The van der Waals surface area contributed by atoms with Crippen molar-refractivity contribution >= 4 is 33.4 Å². The molecule has 0 saturated heterocycles. The van der Waals surface area contributed by atoms with Gasteiger partial charge in [-0.15, -0.1) is 0 Å². The molecule has 1 aliphatic rings. The Kier molecular flexibility index (Phi) is 5.36. The van der Waals surface area contributed by atoms with E-state index in [0.29, 0.717) is 16.9 Å². The molecule has 0 spiro atoms. The summed E-state index contributed by atoms with van der Waals surface area (Å²) in [6, 6.07) is 15.6. The lowest BCUT2D eigenvalue weighted by atomic mass is 9.85. The number of H-pyrrole nitrogens is 2. The molecule has 2 aromatic carbocycles. The minimum atomic E-state index is -0.536. The van der Waals surface area contributed by atoms with E-state index in [1.807, 2.05) is 36.4 Å². The summed E-state index contributed by atoms with van der Waals surface area (Å²) >= 11 is 0. The van der Waals surface area contributed by atoms with E-state index in [1.165, 1.54) is 12.1 Å². The van der Waals surface area contributed by atoms with Crippen LogP contribution in [0, 0.1) is 11.7 Å². The van der Waals surface area contributed by atoms with Crippen LogP contribution in [0.25, 0.3) is 55.6 Å². The Morgan fingerprint density at radius 3 is 2.62 bits per heavy atom. The molecule has 1 fully saturated rings. The van der Waals surface area contributed by atoms with E-state index in [1.54, 1.807) is 18.6 Å². The average Bonchev–Trinajstić information content (AvgIpc) is 3.50. The highest BCUT2D eigenvalue weighted by atomic mass is 19.1. The lowest BCUT2D eigenvalue weighted by Gasteiger charge is -2.24. The van der Waals surface area contributed by atoms with E-state index in [-0.39, 0.29) is 17.6 Å². The molecule has 39 heavy (non-hydrogen) atoms. The third-order valence-electron chi connectivity index (χ3n) is 7.34. The first-order chi connectivity index (χ1) is 19.0. The van der Waals surface area contributed by atoms with Crippen LogP contribution in [-0.2, 0) is 4.79 Å². The third kappa shape index (κ3) is 4.17. The van der Waals surface area contributed by atoms with Crippen LogP contribution in [0.15, 0.2) is 73.2 Å². The Morgan fingerprint density at radius 1 is 0.923 bits per heavy atom. The summed E-state index contributed by atoms with van der Waals surface area (Å²) < 4.78 is 14.0. The number of hydrogen-bond acceptors (Lipinski definition) is 5. The molecule has 4 aromatic heterocycles. The van der Waals surface area contributed by atoms with Gasteiger partial charge in [0.1, 0.15) is 17.3 Å². The number of rotatable bonds is 5. The van der Waals surface area contributed by atoms with Crippen molar-refractivity contribution in [3.8, 4) is 39.5 Å². The van der Waals surface area contributed by atoms with E-state index in [9.17, 15) is 14.3 Å². The molecule has 0 atom stereocenters. The second-order valence-electron chi connectivity index (χ2n) is 9.91. The Balaban J connectivity index is 1.27. The largest absolute Gasteiger partial charge is 0.508 e. The molecular weight excluding hydrogens is 495 g/mol. The van der Waals surface area contributed by atoms with Gasteiger partial charge in [-0.05, 0) is 60.9 Å². The molecule has 1 saturated carbocycles. The fourth-order valence-corrected chi connectivity index (χ4v) is 5.10. The molecule has 1 aliphatic carbocycles. The first-order valence-corrected chi connectivity index (χ1v) is 12.7. The highest BCUT2D eigenvalue weighted by Crippen LogP contribution is 2.35. The Morgan fingerprint density at radius 2 is 1.79 bits per heavy atom. The van der Waals surface area contributed by atoms with Gasteiger partial charge in [-0.1, -0.05) is 12.5 Å². The minimum absolute atomic E-state index is 0.0499. The monoisotopic (exact) mass is 518 g/mol. The number of carbonyl (C=O) groups is 1. The van der Waals surface area contributed by atoms with Crippen LogP contribution in [0.1, 0.15) is 19.3 Å². The minimum Gasteiger partial charge on any atom is -0.508 e. The van der Waals surface area contributed by atoms with Gasteiger partial charge >= 0.3 is 0 Å². The van der Waals surface area contributed by atoms with Gasteiger partial charge in [-0.25, -0.2) is 4.39 Å². The smallest absolute Gasteiger partial charge is 0.227 e. The van der Waals surface area contributed by atoms with Crippen LogP contribution in [0.2, 0.25) is 0 Å². The third-order valence-corrected chi connectivity index (χ3v) is 7.34.